The molecule has 1 aromatic heterocycles. The zero-order chi connectivity index (χ0) is 21.8. The highest BCUT2D eigenvalue weighted by Gasteiger charge is 2.47. The number of thioether (sulfide) groups is 1. The highest BCUT2D eigenvalue weighted by Crippen LogP contribution is 2.46. The van der Waals surface area contributed by atoms with E-state index in [-0.39, 0.29) is 11.7 Å². The molecule has 0 fully saturated rings. The second kappa shape index (κ2) is 9.83. The van der Waals surface area contributed by atoms with E-state index in [1.807, 2.05) is 31.4 Å². The highest BCUT2D eigenvalue weighted by molar-refractivity contribution is 7.99. The van der Waals surface area contributed by atoms with Gasteiger partial charge in [0.15, 0.2) is 5.78 Å². The summed E-state index contributed by atoms with van der Waals surface area (Å²) >= 11 is 3.18. The number of ether oxygens (including phenoxy) is 2. The van der Waals surface area contributed by atoms with Crippen molar-refractivity contribution in [3.63, 3.8) is 0 Å². The molecule has 3 rings (SSSR count). The Kier molecular flexibility index (Phi) is 7.41. The third-order valence-electron chi connectivity index (χ3n) is 5.46. The maximum atomic E-state index is 13.5. The molecule has 1 aliphatic carbocycles. The van der Waals surface area contributed by atoms with Crippen molar-refractivity contribution in [1.82, 2.24) is 5.32 Å². The Morgan fingerprint density at radius 3 is 2.77 bits per heavy atom. The summed E-state index contributed by atoms with van der Waals surface area (Å²) in [5, 5.41) is 5.18. The van der Waals surface area contributed by atoms with Gasteiger partial charge in [-0.25, -0.2) is 4.79 Å². The summed E-state index contributed by atoms with van der Waals surface area (Å²) in [6, 6.07) is 3.81. The molecule has 8 heteroatoms. The number of rotatable bonds is 7. The van der Waals surface area contributed by atoms with E-state index in [0.29, 0.717) is 29.9 Å². The Morgan fingerprint density at radius 2 is 2.13 bits per heavy atom. The Labute approximate surface area is 185 Å². The Hall–Kier alpha value is -2.06. The van der Waals surface area contributed by atoms with Gasteiger partial charge in [-0.05, 0) is 36.5 Å². The summed E-state index contributed by atoms with van der Waals surface area (Å²) in [6.45, 7) is 6.08. The number of methoxy groups -OCH3 is 1. The largest absolute Gasteiger partial charge is 0.468 e. The predicted octanol–water partition coefficient (Wildman–Crippen LogP) is 3.66. The van der Waals surface area contributed by atoms with Gasteiger partial charge in [-0.2, -0.15) is 11.8 Å². The molecule has 0 saturated carbocycles. The van der Waals surface area contributed by atoms with E-state index < -0.39 is 23.8 Å². The van der Waals surface area contributed by atoms with Crippen molar-refractivity contribution in [3.8, 4) is 0 Å². The molecular formula is C22H27NO5S2. The third-order valence-corrected chi connectivity index (χ3v) is 7.26. The maximum Gasteiger partial charge on any atom is 0.336 e. The number of hydrogen-bond donors (Lipinski definition) is 1. The monoisotopic (exact) mass is 449 g/mol. The lowest BCUT2D eigenvalue weighted by atomic mass is 9.70. The summed E-state index contributed by atoms with van der Waals surface area (Å²) in [7, 11) is 1.29. The summed E-state index contributed by atoms with van der Waals surface area (Å²) in [6.07, 6.45) is 0.537. The molecule has 0 saturated heterocycles. The van der Waals surface area contributed by atoms with E-state index in [9.17, 15) is 14.4 Å². The van der Waals surface area contributed by atoms with Crippen LogP contribution in [0.2, 0.25) is 0 Å². The molecule has 0 unspecified atom stereocenters. The fourth-order valence-corrected chi connectivity index (χ4v) is 5.44. The van der Waals surface area contributed by atoms with Crippen LogP contribution in [0.5, 0.6) is 0 Å². The number of dihydropyridines is 1. The van der Waals surface area contributed by atoms with E-state index in [0.717, 1.165) is 22.1 Å². The van der Waals surface area contributed by atoms with Crippen molar-refractivity contribution in [3.05, 3.63) is 44.9 Å². The van der Waals surface area contributed by atoms with Crippen LogP contribution >= 0.6 is 23.1 Å². The minimum Gasteiger partial charge on any atom is -0.468 e. The third kappa shape index (κ3) is 4.34. The highest BCUT2D eigenvalue weighted by atomic mass is 32.2. The average Bonchev–Trinajstić information content (AvgIpc) is 3.24. The molecule has 1 aromatic rings. The molecule has 0 spiro atoms. The minimum atomic E-state index is -0.866. The Morgan fingerprint density at radius 1 is 1.37 bits per heavy atom. The van der Waals surface area contributed by atoms with E-state index in [4.69, 9.17) is 9.47 Å². The van der Waals surface area contributed by atoms with E-state index in [1.54, 1.807) is 11.8 Å². The smallest absolute Gasteiger partial charge is 0.336 e. The van der Waals surface area contributed by atoms with E-state index in [1.165, 1.54) is 18.4 Å². The Balaban J connectivity index is 2.00. The van der Waals surface area contributed by atoms with Crippen molar-refractivity contribution in [2.24, 2.45) is 11.8 Å². The lowest BCUT2D eigenvalue weighted by Crippen LogP contribution is -2.43. The predicted molar refractivity (Wildman–Crippen MR) is 118 cm³/mol. The Bertz CT molecular complexity index is 887. The molecule has 1 N–H and O–H groups in total. The van der Waals surface area contributed by atoms with Gasteiger partial charge in [0.05, 0.1) is 18.6 Å². The standard InChI is InChI=1S/C22H27NO5S2/c1-5-29-10-8-28-22(26)17-13(3)23-14-11-12(2)16(21(25)27-4)20(24)18(14)19(17)15-7-6-9-30-15/h6-7,9,12,16,19,23H,5,8,10-11H2,1-4H3/t12-,16+,19-/m1/s1. The number of Topliss-reactive ketones (excluding diaryl/α,β-unsaturated/α-hetero) is 1. The molecule has 2 heterocycles. The topological polar surface area (TPSA) is 81.7 Å². The van der Waals surface area contributed by atoms with Crippen LogP contribution in [-0.2, 0) is 23.9 Å². The number of ketones is 1. The van der Waals surface area contributed by atoms with E-state index in [2.05, 4.69) is 12.2 Å². The quantitative estimate of drug-likeness (QED) is 0.386. The second-order valence-electron chi connectivity index (χ2n) is 7.38. The van der Waals surface area contributed by atoms with E-state index >= 15 is 0 Å². The number of thiophene rings is 1. The molecule has 6 nitrogen and oxygen atoms in total. The van der Waals surface area contributed by atoms with Crippen LogP contribution in [0.15, 0.2) is 40.1 Å². The first-order valence-electron chi connectivity index (χ1n) is 10.0. The summed E-state index contributed by atoms with van der Waals surface area (Å²) in [5.41, 5.74) is 2.38. The molecule has 2 aliphatic rings. The lowest BCUT2D eigenvalue weighted by Gasteiger charge is -2.37. The number of nitrogens with one attached hydrogen (secondary N) is 1. The van der Waals surface area contributed by atoms with Gasteiger partial charge in [-0.1, -0.05) is 19.9 Å². The van der Waals surface area contributed by atoms with Crippen molar-refractivity contribution in [2.45, 2.75) is 33.1 Å². The molecular weight excluding hydrogens is 422 g/mol. The first kappa shape index (κ1) is 22.6. The van der Waals surface area contributed by atoms with Gasteiger partial charge < -0.3 is 14.8 Å². The number of allylic oxidation sites excluding steroid dienone is 3. The van der Waals surface area contributed by atoms with Crippen LogP contribution in [0, 0.1) is 11.8 Å². The first-order valence-corrected chi connectivity index (χ1v) is 12.0. The summed E-state index contributed by atoms with van der Waals surface area (Å²) in [4.78, 5) is 39.8. The first-order chi connectivity index (χ1) is 14.4. The van der Waals surface area contributed by atoms with Crippen molar-refractivity contribution in [2.75, 3.05) is 25.2 Å². The van der Waals surface area contributed by atoms with Crippen molar-refractivity contribution < 1.29 is 23.9 Å². The normalized spacial score (nSPS) is 23.7. The lowest BCUT2D eigenvalue weighted by molar-refractivity contribution is -0.151. The SMILES string of the molecule is CCSCCOC(=O)C1=C(C)NC2=C(C(=O)[C@@H](C(=O)OC)[C@H](C)C2)[C@@H]1c1cccs1. The number of esters is 2. The van der Waals surface area contributed by atoms with Crippen LogP contribution in [0.25, 0.3) is 0 Å². The summed E-state index contributed by atoms with van der Waals surface area (Å²) in [5.74, 6) is -1.15. The molecule has 1 aliphatic heterocycles. The van der Waals surface area contributed by atoms with Crippen LogP contribution in [0.4, 0.5) is 0 Å². The second-order valence-corrected chi connectivity index (χ2v) is 9.76. The summed E-state index contributed by atoms with van der Waals surface area (Å²) < 4.78 is 10.4. The van der Waals surface area contributed by atoms with Gasteiger partial charge in [0.2, 0.25) is 0 Å². The average molecular weight is 450 g/mol. The number of hydrogen-bond acceptors (Lipinski definition) is 8. The van der Waals surface area contributed by atoms with Gasteiger partial charge in [0.1, 0.15) is 12.5 Å². The molecule has 3 atom stereocenters. The number of carbonyl (C=O) groups excluding carboxylic acids is 3. The fraction of sp³-hybridized carbons (Fsp3) is 0.500. The van der Waals surface area contributed by atoms with Gasteiger partial charge in [0.25, 0.3) is 0 Å². The molecule has 0 aromatic carbocycles. The van der Waals surface area contributed by atoms with Crippen LogP contribution in [-0.4, -0.2) is 42.9 Å². The van der Waals surface area contributed by atoms with Crippen LogP contribution in [0.3, 0.4) is 0 Å². The fourth-order valence-electron chi connectivity index (χ4n) is 4.11. The molecule has 162 valence electrons. The van der Waals surface area contributed by atoms with Crippen molar-refractivity contribution in [1.29, 1.82) is 0 Å². The van der Waals surface area contributed by atoms with Gasteiger partial charge in [0, 0.05) is 27.6 Å². The maximum absolute atomic E-state index is 13.5. The van der Waals surface area contributed by atoms with Crippen molar-refractivity contribution >= 4 is 40.8 Å². The van der Waals surface area contributed by atoms with Gasteiger partial charge >= 0.3 is 11.9 Å². The van der Waals surface area contributed by atoms with Crippen LogP contribution in [0.1, 0.15) is 38.0 Å². The molecule has 30 heavy (non-hydrogen) atoms. The minimum absolute atomic E-state index is 0.187. The molecule has 0 amide bonds. The molecule has 0 bridgehead atoms. The van der Waals surface area contributed by atoms with Crippen LogP contribution < -0.4 is 5.32 Å². The number of carbonyl (C=O) groups is 3. The zero-order valence-electron chi connectivity index (χ0n) is 17.7. The van der Waals surface area contributed by atoms with Gasteiger partial charge in [-0.3, -0.25) is 9.59 Å². The molecule has 0 radical (unpaired) electrons. The zero-order valence-corrected chi connectivity index (χ0v) is 19.3. The van der Waals surface area contributed by atoms with Gasteiger partial charge in [-0.15, -0.1) is 11.3 Å².